The van der Waals surface area contributed by atoms with Crippen LogP contribution in [-0.2, 0) is 4.74 Å². The predicted octanol–water partition coefficient (Wildman–Crippen LogP) is 3.94. The second kappa shape index (κ2) is 6.65. The van der Waals surface area contributed by atoms with Gasteiger partial charge in [0.25, 0.3) is 0 Å². The van der Waals surface area contributed by atoms with Gasteiger partial charge >= 0.3 is 5.97 Å². The molecule has 1 heterocycles. The number of pyridine rings is 1. The molecule has 1 aromatic carbocycles. The molecule has 0 fully saturated rings. The Morgan fingerprint density at radius 1 is 1.29 bits per heavy atom. The van der Waals surface area contributed by atoms with Gasteiger partial charge in [0, 0.05) is 6.07 Å². The second-order valence-corrected chi connectivity index (χ2v) is 4.83. The highest BCUT2D eigenvalue weighted by molar-refractivity contribution is 6.42. The van der Waals surface area contributed by atoms with Crippen LogP contribution in [0, 0.1) is 0 Å². The molecule has 0 aliphatic carbocycles. The molecule has 0 saturated carbocycles. The van der Waals surface area contributed by atoms with E-state index in [2.05, 4.69) is 4.98 Å². The van der Waals surface area contributed by atoms with Gasteiger partial charge in [-0.05, 0) is 25.1 Å². The molecule has 0 aliphatic heterocycles. The van der Waals surface area contributed by atoms with Crippen LogP contribution in [0.15, 0.2) is 30.5 Å². The van der Waals surface area contributed by atoms with Crippen LogP contribution in [0.1, 0.15) is 17.3 Å². The van der Waals surface area contributed by atoms with Crippen LogP contribution >= 0.6 is 23.2 Å². The fourth-order valence-electron chi connectivity index (χ4n) is 1.56. The number of rotatable bonds is 4. The molecular weight excluding hydrogens is 315 g/mol. The van der Waals surface area contributed by atoms with Crippen LogP contribution in [0.3, 0.4) is 0 Å². The molecule has 0 amide bonds. The Hall–Kier alpha value is -1.98. The van der Waals surface area contributed by atoms with Gasteiger partial charge in [0.05, 0.1) is 28.5 Å². The summed E-state index contributed by atoms with van der Waals surface area (Å²) in [7, 11) is 0. The topological polar surface area (TPSA) is 74.4 Å². The number of nitrogens with two attached hydrogens (primary N) is 1. The first-order chi connectivity index (χ1) is 10.0. The third kappa shape index (κ3) is 3.77. The quantitative estimate of drug-likeness (QED) is 0.861. The van der Waals surface area contributed by atoms with Gasteiger partial charge in [-0.1, -0.05) is 23.2 Å². The van der Waals surface area contributed by atoms with Gasteiger partial charge in [-0.15, -0.1) is 0 Å². The summed E-state index contributed by atoms with van der Waals surface area (Å²) in [6, 6.07) is 6.16. The largest absolute Gasteiger partial charge is 0.462 e. The Morgan fingerprint density at radius 2 is 2.05 bits per heavy atom. The summed E-state index contributed by atoms with van der Waals surface area (Å²) in [6.07, 6.45) is 1.38. The number of nitrogen functional groups attached to an aromatic ring is 1. The number of benzene rings is 1. The minimum atomic E-state index is -0.563. The van der Waals surface area contributed by atoms with Crippen molar-refractivity contribution in [3.05, 3.63) is 46.1 Å². The van der Waals surface area contributed by atoms with Crippen LogP contribution < -0.4 is 10.5 Å². The van der Waals surface area contributed by atoms with Gasteiger partial charge in [0.2, 0.25) is 5.88 Å². The zero-order valence-electron chi connectivity index (χ0n) is 11.1. The Balaban J connectivity index is 2.34. The van der Waals surface area contributed by atoms with E-state index < -0.39 is 5.97 Å². The number of nitrogens with zero attached hydrogens (tertiary/aromatic N) is 1. The Kier molecular flexibility index (Phi) is 4.88. The monoisotopic (exact) mass is 326 g/mol. The highest BCUT2D eigenvalue weighted by Gasteiger charge is 2.17. The first kappa shape index (κ1) is 15.4. The second-order valence-electron chi connectivity index (χ2n) is 4.02. The number of esters is 1. The molecule has 0 radical (unpaired) electrons. The van der Waals surface area contributed by atoms with Crippen molar-refractivity contribution in [2.75, 3.05) is 12.3 Å². The van der Waals surface area contributed by atoms with Crippen molar-refractivity contribution in [3.8, 4) is 11.6 Å². The van der Waals surface area contributed by atoms with Crippen LogP contribution in [0.5, 0.6) is 11.6 Å². The van der Waals surface area contributed by atoms with Gasteiger partial charge in [0.1, 0.15) is 11.3 Å². The Labute approximate surface area is 131 Å². The molecule has 5 nitrogen and oxygen atoms in total. The Morgan fingerprint density at radius 3 is 2.71 bits per heavy atom. The van der Waals surface area contributed by atoms with E-state index in [9.17, 15) is 4.79 Å². The average molecular weight is 327 g/mol. The van der Waals surface area contributed by atoms with Crippen molar-refractivity contribution in [1.29, 1.82) is 0 Å². The van der Waals surface area contributed by atoms with E-state index in [1.54, 1.807) is 19.1 Å². The van der Waals surface area contributed by atoms with E-state index >= 15 is 0 Å². The standard InChI is InChI=1S/C14H12Cl2N2O3/c1-2-20-14(19)10-5-8(17)7-18-13(10)21-9-3-4-11(15)12(16)6-9/h3-7H,2,17H2,1H3. The summed E-state index contributed by atoms with van der Waals surface area (Å²) in [4.78, 5) is 15.9. The first-order valence-electron chi connectivity index (χ1n) is 6.06. The molecule has 0 spiro atoms. The lowest BCUT2D eigenvalue weighted by Gasteiger charge is -2.10. The van der Waals surface area contributed by atoms with Crippen LogP contribution in [0.2, 0.25) is 10.0 Å². The highest BCUT2D eigenvalue weighted by atomic mass is 35.5. The predicted molar refractivity (Wildman–Crippen MR) is 81.1 cm³/mol. The van der Waals surface area contributed by atoms with E-state index in [4.69, 9.17) is 38.4 Å². The molecule has 110 valence electrons. The van der Waals surface area contributed by atoms with Crippen LogP contribution in [0.4, 0.5) is 5.69 Å². The van der Waals surface area contributed by atoms with Crippen molar-refractivity contribution in [2.45, 2.75) is 6.92 Å². The lowest BCUT2D eigenvalue weighted by molar-refractivity contribution is 0.0523. The molecule has 7 heteroatoms. The van der Waals surface area contributed by atoms with Crippen molar-refractivity contribution >= 4 is 34.9 Å². The zero-order valence-corrected chi connectivity index (χ0v) is 12.6. The van der Waals surface area contributed by atoms with Gasteiger partial charge in [-0.25, -0.2) is 9.78 Å². The number of carbonyl (C=O) groups excluding carboxylic acids is 1. The SMILES string of the molecule is CCOC(=O)c1cc(N)cnc1Oc1ccc(Cl)c(Cl)c1. The molecule has 0 atom stereocenters. The van der Waals surface area contributed by atoms with Crippen molar-refractivity contribution in [2.24, 2.45) is 0 Å². The maximum atomic E-state index is 11.9. The van der Waals surface area contributed by atoms with Gasteiger partial charge in [0.15, 0.2) is 0 Å². The molecule has 0 bridgehead atoms. The minimum Gasteiger partial charge on any atom is -0.462 e. The summed E-state index contributed by atoms with van der Waals surface area (Å²) in [5.74, 6) is -0.0828. The van der Waals surface area contributed by atoms with Crippen LogP contribution in [0.25, 0.3) is 0 Å². The molecule has 0 saturated heterocycles. The number of anilines is 1. The van der Waals surface area contributed by atoms with E-state index in [-0.39, 0.29) is 18.1 Å². The highest BCUT2D eigenvalue weighted by Crippen LogP contribution is 2.30. The molecule has 0 unspecified atom stereocenters. The maximum Gasteiger partial charge on any atom is 0.343 e. The lowest BCUT2D eigenvalue weighted by Crippen LogP contribution is -2.08. The van der Waals surface area contributed by atoms with E-state index in [1.165, 1.54) is 18.3 Å². The molecule has 2 rings (SSSR count). The number of ether oxygens (including phenoxy) is 2. The summed E-state index contributed by atoms with van der Waals surface area (Å²) in [5.41, 5.74) is 6.11. The van der Waals surface area contributed by atoms with Gasteiger partial charge in [-0.3, -0.25) is 0 Å². The summed E-state index contributed by atoms with van der Waals surface area (Å²) < 4.78 is 10.5. The smallest absolute Gasteiger partial charge is 0.343 e. The molecule has 0 aliphatic rings. The van der Waals surface area contributed by atoms with Crippen molar-refractivity contribution in [3.63, 3.8) is 0 Å². The molecule has 1 aromatic heterocycles. The normalized spacial score (nSPS) is 10.2. The van der Waals surface area contributed by atoms with Crippen molar-refractivity contribution in [1.82, 2.24) is 4.98 Å². The van der Waals surface area contributed by atoms with Gasteiger partial charge < -0.3 is 15.2 Å². The molecule has 2 aromatic rings. The maximum absolute atomic E-state index is 11.9. The zero-order chi connectivity index (χ0) is 15.4. The van der Waals surface area contributed by atoms with E-state index in [1.807, 2.05) is 0 Å². The molecular formula is C14H12Cl2N2O3. The van der Waals surface area contributed by atoms with E-state index in [0.717, 1.165) is 0 Å². The fourth-order valence-corrected chi connectivity index (χ4v) is 1.84. The number of hydrogen-bond donors (Lipinski definition) is 1. The number of aromatic nitrogens is 1. The average Bonchev–Trinajstić information content (AvgIpc) is 2.45. The van der Waals surface area contributed by atoms with Crippen LogP contribution in [-0.4, -0.2) is 17.6 Å². The number of halogens is 2. The lowest BCUT2D eigenvalue weighted by atomic mass is 10.2. The fraction of sp³-hybridized carbons (Fsp3) is 0.143. The van der Waals surface area contributed by atoms with Gasteiger partial charge in [-0.2, -0.15) is 0 Å². The number of hydrogen-bond acceptors (Lipinski definition) is 5. The molecule has 21 heavy (non-hydrogen) atoms. The van der Waals surface area contributed by atoms with Crippen molar-refractivity contribution < 1.29 is 14.3 Å². The summed E-state index contributed by atoms with van der Waals surface area (Å²) >= 11 is 11.7. The first-order valence-corrected chi connectivity index (χ1v) is 6.82. The summed E-state index contributed by atoms with van der Waals surface area (Å²) in [6.45, 7) is 1.94. The Bertz CT molecular complexity index is 677. The van der Waals surface area contributed by atoms with E-state index in [0.29, 0.717) is 21.5 Å². The molecule has 2 N–H and O–H groups in total. The summed E-state index contributed by atoms with van der Waals surface area (Å²) in [5, 5.41) is 0.738. The number of carbonyl (C=O) groups is 1. The third-order valence-electron chi connectivity index (χ3n) is 2.47. The minimum absolute atomic E-state index is 0.0843. The third-order valence-corrected chi connectivity index (χ3v) is 3.21.